The number of hydrogen-bond donors (Lipinski definition) is 1. The van der Waals surface area contributed by atoms with Gasteiger partial charge < -0.3 is 14.8 Å². The van der Waals surface area contributed by atoms with Gasteiger partial charge >= 0.3 is 0 Å². The van der Waals surface area contributed by atoms with Gasteiger partial charge in [0, 0.05) is 42.9 Å². The Hall–Kier alpha value is -3.69. The van der Waals surface area contributed by atoms with E-state index < -0.39 is 0 Å². The van der Waals surface area contributed by atoms with E-state index in [0.29, 0.717) is 24.5 Å². The Labute approximate surface area is 215 Å². The summed E-state index contributed by atoms with van der Waals surface area (Å²) in [6.45, 7) is 3.08. The monoisotopic (exact) mass is 503 g/mol. The van der Waals surface area contributed by atoms with Crippen LogP contribution >= 0.6 is 11.8 Å². The second-order valence-electron chi connectivity index (χ2n) is 8.24. The number of methoxy groups -OCH3 is 2. The van der Waals surface area contributed by atoms with Gasteiger partial charge in [-0.15, -0.1) is 10.2 Å². The third-order valence-corrected chi connectivity index (χ3v) is 6.64. The Morgan fingerprint density at radius 1 is 1.03 bits per heavy atom. The molecule has 0 aliphatic rings. The van der Waals surface area contributed by atoms with E-state index in [0.717, 1.165) is 33.4 Å². The molecule has 186 valence electrons. The molecule has 1 atom stereocenters. The number of ether oxygens (including phenoxy) is 2. The van der Waals surface area contributed by atoms with E-state index in [2.05, 4.69) is 32.0 Å². The number of carbonyl (C=O) groups excluding carboxylic acids is 1. The zero-order valence-corrected chi connectivity index (χ0v) is 21.4. The second kappa shape index (κ2) is 12.3. The number of thioether (sulfide) groups is 1. The molecule has 2 aromatic carbocycles. The van der Waals surface area contributed by atoms with Crippen LogP contribution in [0.15, 0.2) is 78.2 Å². The summed E-state index contributed by atoms with van der Waals surface area (Å²) in [7, 11) is 3.34. The fourth-order valence-corrected chi connectivity index (χ4v) is 4.73. The van der Waals surface area contributed by atoms with E-state index in [1.807, 2.05) is 60.7 Å². The summed E-state index contributed by atoms with van der Waals surface area (Å²) < 4.78 is 12.9. The number of carbonyl (C=O) groups is 1. The molecule has 2 heterocycles. The number of benzene rings is 2. The van der Waals surface area contributed by atoms with Crippen molar-refractivity contribution in [3.63, 3.8) is 0 Å². The zero-order chi connectivity index (χ0) is 25.3. The molecular formula is C27H29N5O3S. The molecule has 4 aromatic rings. The molecule has 2 aromatic heterocycles. The van der Waals surface area contributed by atoms with Crippen LogP contribution in [0.3, 0.4) is 0 Å². The Morgan fingerprint density at radius 3 is 2.53 bits per heavy atom. The molecule has 0 unspecified atom stereocenters. The molecule has 0 bridgehead atoms. The minimum absolute atomic E-state index is 0.0418. The van der Waals surface area contributed by atoms with Gasteiger partial charge in [-0.1, -0.05) is 36.0 Å². The minimum Gasteiger partial charge on any atom is -0.497 e. The van der Waals surface area contributed by atoms with Crippen LogP contribution in [0.25, 0.3) is 11.4 Å². The van der Waals surface area contributed by atoms with E-state index in [1.54, 1.807) is 38.4 Å². The molecule has 0 fully saturated rings. The van der Waals surface area contributed by atoms with E-state index >= 15 is 0 Å². The third kappa shape index (κ3) is 6.30. The number of amides is 1. The van der Waals surface area contributed by atoms with Crippen molar-refractivity contribution in [3.8, 4) is 17.1 Å². The van der Waals surface area contributed by atoms with E-state index in [4.69, 9.17) is 9.47 Å². The molecule has 0 saturated heterocycles. The predicted octanol–water partition coefficient (Wildman–Crippen LogP) is 4.78. The SMILES string of the molecule is COC[C@@H](C)n1c(SCc2ccc(C(=O)NCc3ccncc3)cc2)nnc1-c1cccc(OC)c1. The zero-order valence-electron chi connectivity index (χ0n) is 20.5. The predicted molar refractivity (Wildman–Crippen MR) is 140 cm³/mol. The number of pyridine rings is 1. The largest absolute Gasteiger partial charge is 0.497 e. The van der Waals surface area contributed by atoms with Gasteiger partial charge in [-0.3, -0.25) is 14.3 Å². The number of aromatic nitrogens is 4. The first-order chi connectivity index (χ1) is 17.6. The topological polar surface area (TPSA) is 91.2 Å². The molecule has 1 amide bonds. The molecular weight excluding hydrogens is 474 g/mol. The minimum atomic E-state index is -0.109. The van der Waals surface area contributed by atoms with Gasteiger partial charge in [0.15, 0.2) is 11.0 Å². The fourth-order valence-electron chi connectivity index (χ4n) is 3.73. The molecule has 4 rings (SSSR count). The Kier molecular flexibility index (Phi) is 8.70. The van der Waals surface area contributed by atoms with Crippen LogP contribution in [0, 0.1) is 0 Å². The molecule has 0 aliphatic carbocycles. The molecule has 0 radical (unpaired) electrons. The highest BCUT2D eigenvalue weighted by Gasteiger charge is 2.20. The van der Waals surface area contributed by atoms with Crippen molar-refractivity contribution in [1.82, 2.24) is 25.1 Å². The number of rotatable bonds is 11. The summed E-state index contributed by atoms with van der Waals surface area (Å²) in [5.74, 6) is 2.11. The maximum atomic E-state index is 12.5. The molecule has 1 N–H and O–H groups in total. The van der Waals surface area contributed by atoms with Gasteiger partial charge in [0.05, 0.1) is 19.8 Å². The molecule has 9 heteroatoms. The van der Waals surface area contributed by atoms with Crippen LogP contribution in [0.5, 0.6) is 5.75 Å². The Balaban J connectivity index is 1.44. The first-order valence-corrected chi connectivity index (χ1v) is 12.5. The van der Waals surface area contributed by atoms with Gasteiger partial charge in [0.25, 0.3) is 5.91 Å². The normalized spacial score (nSPS) is 11.8. The maximum absolute atomic E-state index is 12.5. The lowest BCUT2D eigenvalue weighted by molar-refractivity contribution is 0.0951. The maximum Gasteiger partial charge on any atom is 0.251 e. The van der Waals surface area contributed by atoms with Crippen LogP contribution in [-0.2, 0) is 17.0 Å². The van der Waals surface area contributed by atoms with Crippen LogP contribution in [0.1, 0.15) is 34.5 Å². The molecule has 0 spiro atoms. The van der Waals surface area contributed by atoms with Crippen molar-refractivity contribution in [1.29, 1.82) is 0 Å². The summed E-state index contributed by atoms with van der Waals surface area (Å²) in [5.41, 5.74) is 3.64. The number of nitrogens with zero attached hydrogens (tertiary/aromatic N) is 4. The number of nitrogens with one attached hydrogen (secondary N) is 1. The summed E-state index contributed by atoms with van der Waals surface area (Å²) in [6, 6.07) is 19.2. The summed E-state index contributed by atoms with van der Waals surface area (Å²) in [5, 5.41) is 12.7. The average Bonchev–Trinajstić information content (AvgIpc) is 3.36. The lowest BCUT2D eigenvalue weighted by atomic mass is 10.1. The van der Waals surface area contributed by atoms with Crippen LogP contribution in [0.4, 0.5) is 0 Å². The third-order valence-electron chi connectivity index (χ3n) is 5.63. The fraction of sp³-hybridized carbons (Fsp3) is 0.259. The standard InChI is InChI=1S/C27H29N5O3S/c1-19(17-34-2)32-25(23-5-4-6-24(15-23)35-3)30-31-27(32)36-18-21-7-9-22(10-8-21)26(33)29-16-20-11-13-28-14-12-20/h4-15,19H,16-18H2,1-3H3,(H,29,33)/t19-/m1/s1. The van der Waals surface area contributed by atoms with Crippen molar-refractivity contribution in [2.45, 2.75) is 30.4 Å². The van der Waals surface area contributed by atoms with Crippen molar-refractivity contribution >= 4 is 17.7 Å². The molecule has 36 heavy (non-hydrogen) atoms. The van der Waals surface area contributed by atoms with E-state index in [-0.39, 0.29) is 11.9 Å². The van der Waals surface area contributed by atoms with Crippen molar-refractivity contribution in [2.24, 2.45) is 0 Å². The van der Waals surface area contributed by atoms with Crippen LogP contribution in [0.2, 0.25) is 0 Å². The highest BCUT2D eigenvalue weighted by Crippen LogP contribution is 2.31. The lowest BCUT2D eigenvalue weighted by Gasteiger charge is -2.17. The first kappa shape index (κ1) is 25.4. The number of hydrogen-bond acceptors (Lipinski definition) is 7. The first-order valence-electron chi connectivity index (χ1n) is 11.6. The molecule has 8 nitrogen and oxygen atoms in total. The highest BCUT2D eigenvalue weighted by molar-refractivity contribution is 7.98. The van der Waals surface area contributed by atoms with Crippen molar-refractivity contribution < 1.29 is 14.3 Å². The Morgan fingerprint density at radius 2 is 1.81 bits per heavy atom. The van der Waals surface area contributed by atoms with Gasteiger partial charge in [-0.2, -0.15) is 0 Å². The van der Waals surface area contributed by atoms with Crippen molar-refractivity contribution in [3.05, 3.63) is 89.7 Å². The average molecular weight is 504 g/mol. The Bertz CT molecular complexity index is 1280. The second-order valence-corrected chi connectivity index (χ2v) is 9.18. The van der Waals surface area contributed by atoms with Crippen molar-refractivity contribution in [2.75, 3.05) is 20.8 Å². The summed E-state index contributed by atoms with van der Waals surface area (Å²) in [4.78, 5) is 16.5. The summed E-state index contributed by atoms with van der Waals surface area (Å²) >= 11 is 1.60. The quantitative estimate of drug-likeness (QED) is 0.295. The van der Waals surface area contributed by atoms with E-state index in [9.17, 15) is 4.79 Å². The molecule has 0 aliphatic heterocycles. The summed E-state index contributed by atoms with van der Waals surface area (Å²) in [6.07, 6.45) is 3.43. The van der Waals surface area contributed by atoms with E-state index in [1.165, 1.54) is 0 Å². The van der Waals surface area contributed by atoms with Gasteiger partial charge in [0.2, 0.25) is 0 Å². The lowest BCUT2D eigenvalue weighted by Crippen LogP contribution is -2.22. The van der Waals surface area contributed by atoms with Gasteiger partial charge in [0.1, 0.15) is 5.75 Å². The van der Waals surface area contributed by atoms with Gasteiger partial charge in [-0.05, 0) is 54.4 Å². The van der Waals surface area contributed by atoms with Crippen LogP contribution < -0.4 is 10.1 Å². The highest BCUT2D eigenvalue weighted by atomic mass is 32.2. The van der Waals surface area contributed by atoms with Gasteiger partial charge in [-0.25, -0.2) is 0 Å². The smallest absolute Gasteiger partial charge is 0.251 e. The van der Waals surface area contributed by atoms with Crippen LogP contribution in [-0.4, -0.2) is 46.5 Å². The molecule has 0 saturated carbocycles.